The Kier molecular flexibility index (Phi) is 3.87. The number of nitrogens with zero attached hydrogens (tertiary/aromatic N) is 4. The standard InChI is InChI=1S/C16H20N4O3/c21-15(19-8-10-22-11-9-19)12-3-6-20(7-4-12)16-18-14-13(23-16)2-1-5-17-14/h1-2,5,12H,3-4,6-11H2. The number of amides is 1. The van der Waals surface area contributed by atoms with Crippen LogP contribution in [0.2, 0.25) is 0 Å². The molecule has 2 fully saturated rings. The Labute approximate surface area is 134 Å². The van der Waals surface area contributed by atoms with E-state index in [1.807, 2.05) is 17.0 Å². The molecule has 0 aromatic carbocycles. The molecule has 7 nitrogen and oxygen atoms in total. The highest BCUT2D eigenvalue weighted by molar-refractivity contribution is 5.79. The van der Waals surface area contributed by atoms with E-state index in [1.54, 1.807) is 6.20 Å². The zero-order valence-electron chi connectivity index (χ0n) is 13.0. The molecule has 0 saturated carbocycles. The van der Waals surface area contributed by atoms with Gasteiger partial charge in [0.1, 0.15) is 0 Å². The van der Waals surface area contributed by atoms with E-state index in [2.05, 4.69) is 14.9 Å². The zero-order valence-corrected chi connectivity index (χ0v) is 13.0. The van der Waals surface area contributed by atoms with Crippen LogP contribution in [0.4, 0.5) is 6.01 Å². The molecule has 0 radical (unpaired) electrons. The number of rotatable bonds is 2. The van der Waals surface area contributed by atoms with Crippen molar-refractivity contribution in [2.75, 3.05) is 44.3 Å². The van der Waals surface area contributed by atoms with Crippen molar-refractivity contribution in [3.05, 3.63) is 18.3 Å². The van der Waals surface area contributed by atoms with Crippen LogP contribution in [0.1, 0.15) is 12.8 Å². The quantitative estimate of drug-likeness (QED) is 0.831. The number of piperidine rings is 1. The number of carbonyl (C=O) groups excluding carboxylic acids is 1. The van der Waals surface area contributed by atoms with Gasteiger partial charge < -0.3 is 19.0 Å². The normalized spacial score (nSPS) is 20.2. The highest BCUT2D eigenvalue weighted by Gasteiger charge is 2.30. The van der Waals surface area contributed by atoms with Gasteiger partial charge in [-0.15, -0.1) is 0 Å². The number of aromatic nitrogens is 2. The van der Waals surface area contributed by atoms with E-state index in [4.69, 9.17) is 9.15 Å². The minimum atomic E-state index is 0.104. The molecule has 2 aromatic rings. The molecule has 0 atom stereocenters. The zero-order chi connectivity index (χ0) is 15.6. The van der Waals surface area contributed by atoms with Gasteiger partial charge in [-0.25, -0.2) is 4.98 Å². The van der Waals surface area contributed by atoms with Crippen molar-refractivity contribution in [1.82, 2.24) is 14.9 Å². The summed E-state index contributed by atoms with van der Waals surface area (Å²) < 4.78 is 11.1. The number of anilines is 1. The molecule has 0 spiro atoms. The van der Waals surface area contributed by atoms with Gasteiger partial charge in [-0.3, -0.25) is 4.79 Å². The molecule has 0 aliphatic carbocycles. The topological polar surface area (TPSA) is 71.7 Å². The van der Waals surface area contributed by atoms with Gasteiger partial charge in [-0.1, -0.05) is 0 Å². The molecule has 0 bridgehead atoms. The third-order valence-electron chi connectivity index (χ3n) is 4.59. The Morgan fingerprint density at radius 1 is 1.17 bits per heavy atom. The Hall–Kier alpha value is -2.15. The number of ether oxygens (including phenoxy) is 1. The molecule has 1 amide bonds. The van der Waals surface area contributed by atoms with Gasteiger partial charge in [-0.2, -0.15) is 4.98 Å². The fourth-order valence-electron chi connectivity index (χ4n) is 3.25. The van der Waals surface area contributed by atoms with Gasteiger partial charge >= 0.3 is 0 Å². The van der Waals surface area contributed by atoms with Gasteiger partial charge in [0.2, 0.25) is 11.6 Å². The summed E-state index contributed by atoms with van der Waals surface area (Å²) in [6.45, 7) is 4.31. The molecule has 2 aliphatic heterocycles. The molecule has 2 aromatic heterocycles. The Balaban J connectivity index is 1.39. The van der Waals surface area contributed by atoms with E-state index in [-0.39, 0.29) is 11.8 Å². The first-order valence-electron chi connectivity index (χ1n) is 8.14. The molecule has 2 saturated heterocycles. The molecule has 0 unspecified atom stereocenters. The lowest BCUT2D eigenvalue weighted by Gasteiger charge is -2.34. The highest BCUT2D eigenvalue weighted by Crippen LogP contribution is 2.26. The summed E-state index contributed by atoms with van der Waals surface area (Å²) in [6, 6.07) is 4.31. The summed E-state index contributed by atoms with van der Waals surface area (Å²) in [7, 11) is 0. The number of oxazole rings is 1. The average Bonchev–Trinajstić information content (AvgIpc) is 3.06. The van der Waals surface area contributed by atoms with E-state index in [9.17, 15) is 4.79 Å². The first-order valence-corrected chi connectivity index (χ1v) is 8.14. The van der Waals surface area contributed by atoms with Gasteiger partial charge in [0, 0.05) is 38.3 Å². The Bertz CT molecular complexity index is 654. The smallest absolute Gasteiger partial charge is 0.299 e. The maximum Gasteiger partial charge on any atom is 0.299 e. The van der Waals surface area contributed by atoms with Crippen LogP contribution in [0.5, 0.6) is 0 Å². The molecule has 4 heterocycles. The Morgan fingerprint density at radius 2 is 1.96 bits per heavy atom. The third-order valence-corrected chi connectivity index (χ3v) is 4.59. The van der Waals surface area contributed by atoms with Gasteiger partial charge in [0.05, 0.1) is 13.2 Å². The highest BCUT2D eigenvalue weighted by atomic mass is 16.5. The van der Waals surface area contributed by atoms with Crippen LogP contribution >= 0.6 is 0 Å². The van der Waals surface area contributed by atoms with Crippen molar-refractivity contribution in [2.24, 2.45) is 5.92 Å². The minimum Gasteiger partial charge on any atom is -0.422 e. The maximum atomic E-state index is 12.5. The predicted molar refractivity (Wildman–Crippen MR) is 84.1 cm³/mol. The van der Waals surface area contributed by atoms with Crippen LogP contribution in [0.15, 0.2) is 22.7 Å². The number of carbonyl (C=O) groups is 1. The fraction of sp³-hybridized carbons (Fsp3) is 0.562. The minimum absolute atomic E-state index is 0.104. The lowest BCUT2D eigenvalue weighted by Crippen LogP contribution is -2.46. The first kappa shape index (κ1) is 14.4. The fourth-order valence-corrected chi connectivity index (χ4v) is 3.25. The number of pyridine rings is 1. The van der Waals surface area contributed by atoms with Crippen molar-refractivity contribution < 1.29 is 13.9 Å². The molecule has 2 aliphatic rings. The third kappa shape index (κ3) is 2.88. The van der Waals surface area contributed by atoms with E-state index < -0.39 is 0 Å². The van der Waals surface area contributed by atoms with Crippen LogP contribution in [0.3, 0.4) is 0 Å². The molecular weight excluding hydrogens is 296 g/mol. The number of morpholine rings is 1. The number of hydrogen-bond donors (Lipinski definition) is 0. The second-order valence-electron chi connectivity index (χ2n) is 6.02. The molecular formula is C16H20N4O3. The van der Waals surface area contributed by atoms with Crippen LogP contribution in [-0.2, 0) is 9.53 Å². The van der Waals surface area contributed by atoms with Crippen LogP contribution in [-0.4, -0.2) is 60.2 Å². The largest absolute Gasteiger partial charge is 0.422 e. The SMILES string of the molecule is O=C(C1CCN(c2nc3ncccc3o2)CC1)N1CCOCC1. The van der Waals surface area contributed by atoms with Crippen molar-refractivity contribution in [2.45, 2.75) is 12.8 Å². The first-order chi connectivity index (χ1) is 11.3. The molecule has 4 rings (SSSR count). The molecule has 0 N–H and O–H groups in total. The van der Waals surface area contributed by atoms with E-state index in [0.717, 1.165) is 39.0 Å². The van der Waals surface area contributed by atoms with Crippen LogP contribution < -0.4 is 4.90 Å². The summed E-state index contributed by atoms with van der Waals surface area (Å²) in [5, 5.41) is 0. The maximum absolute atomic E-state index is 12.5. The van der Waals surface area contributed by atoms with Gasteiger partial charge in [0.15, 0.2) is 5.58 Å². The van der Waals surface area contributed by atoms with E-state index in [0.29, 0.717) is 30.5 Å². The summed E-state index contributed by atoms with van der Waals surface area (Å²) >= 11 is 0. The van der Waals surface area contributed by atoms with Crippen LogP contribution in [0, 0.1) is 5.92 Å². The van der Waals surface area contributed by atoms with Crippen LogP contribution in [0.25, 0.3) is 11.2 Å². The van der Waals surface area contributed by atoms with Crippen molar-refractivity contribution in [3.8, 4) is 0 Å². The predicted octanol–water partition coefficient (Wildman–Crippen LogP) is 1.30. The molecule has 23 heavy (non-hydrogen) atoms. The van der Waals surface area contributed by atoms with Gasteiger partial charge in [0.25, 0.3) is 6.01 Å². The Morgan fingerprint density at radius 3 is 2.70 bits per heavy atom. The summed E-state index contributed by atoms with van der Waals surface area (Å²) in [5.74, 6) is 0.374. The second-order valence-corrected chi connectivity index (χ2v) is 6.02. The number of fused-ring (bicyclic) bond motifs is 1. The molecule has 122 valence electrons. The van der Waals surface area contributed by atoms with Crippen molar-refractivity contribution in [3.63, 3.8) is 0 Å². The van der Waals surface area contributed by atoms with Gasteiger partial charge in [-0.05, 0) is 25.0 Å². The lowest BCUT2D eigenvalue weighted by atomic mass is 9.95. The average molecular weight is 316 g/mol. The van der Waals surface area contributed by atoms with E-state index in [1.165, 1.54) is 0 Å². The molecule has 7 heteroatoms. The summed E-state index contributed by atoms with van der Waals surface area (Å²) in [6.07, 6.45) is 3.38. The van der Waals surface area contributed by atoms with Crippen molar-refractivity contribution >= 4 is 23.2 Å². The number of hydrogen-bond acceptors (Lipinski definition) is 6. The monoisotopic (exact) mass is 316 g/mol. The lowest BCUT2D eigenvalue weighted by molar-refractivity contribution is -0.140. The van der Waals surface area contributed by atoms with Crippen molar-refractivity contribution in [1.29, 1.82) is 0 Å². The van der Waals surface area contributed by atoms with E-state index >= 15 is 0 Å². The summed E-state index contributed by atoms with van der Waals surface area (Å²) in [4.78, 5) is 25.2. The second kappa shape index (κ2) is 6.16. The summed E-state index contributed by atoms with van der Waals surface area (Å²) in [5.41, 5.74) is 1.34.